The van der Waals surface area contributed by atoms with Gasteiger partial charge in [-0.25, -0.2) is 9.59 Å². The van der Waals surface area contributed by atoms with Crippen LogP contribution in [0.4, 0.5) is 0 Å². The number of Topliss-reactive ketones (excluding diaryl/α,β-unsaturated/α-hetero) is 1. The van der Waals surface area contributed by atoms with Crippen LogP contribution in [0.3, 0.4) is 0 Å². The first kappa shape index (κ1) is 15.9. The van der Waals surface area contributed by atoms with Crippen molar-refractivity contribution in [3.8, 4) is 0 Å². The van der Waals surface area contributed by atoms with E-state index in [1.54, 1.807) is 20.8 Å². The normalized spacial score (nSPS) is 14.8. The molecule has 0 spiro atoms. The lowest BCUT2D eigenvalue weighted by Crippen LogP contribution is -2.27. The van der Waals surface area contributed by atoms with Crippen LogP contribution in [0.15, 0.2) is 22.5 Å². The summed E-state index contributed by atoms with van der Waals surface area (Å²) in [6.45, 7) is 6.51. The molecule has 0 aromatic carbocycles. The number of dihydropyridines is 1. The van der Waals surface area contributed by atoms with Crippen LogP contribution in [0.5, 0.6) is 0 Å². The van der Waals surface area contributed by atoms with Crippen molar-refractivity contribution in [2.75, 3.05) is 13.2 Å². The van der Waals surface area contributed by atoms with Crippen LogP contribution in [0.2, 0.25) is 0 Å². The fourth-order valence-corrected chi connectivity index (χ4v) is 1.80. The zero-order chi connectivity index (χ0) is 15.3. The third-order valence-corrected chi connectivity index (χ3v) is 2.81. The van der Waals surface area contributed by atoms with Crippen LogP contribution in [-0.2, 0) is 23.9 Å². The summed E-state index contributed by atoms with van der Waals surface area (Å²) in [6, 6.07) is 0. The zero-order valence-corrected chi connectivity index (χ0v) is 12.2. The molecule has 0 aliphatic carbocycles. The highest BCUT2D eigenvalue weighted by Gasteiger charge is 2.26. The fourth-order valence-electron chi connectivity index (χ4n) is 1.80. The van der Waals surface area contributed by atoms with E-state index in [2.05, 4.69) is 5.32 Å². The molecule has 0 saturated carbocycles. The average molecular weight is 281 g/mol. The summed E-state index contributed by atoms with van der Waals surface area (Å²) >= 11 is 0. The van der Waals surface area contributed by atoms with Crippen LogP contribution in [-0.4, -0.2) is 30.9 Å². The largest absolute Gasteiger partial charge is 0.463 e. The summed E-state index contributed by atoms with van der Waals surface area (Å²) in [4.78, 5) is 34.5. The molecule has 1 aliphatic heterocycles. The second-order valence-electron chi connectivity index (χ2n) is 4.51. The van der Waals surface area contributed by atoms with Gasteiger partial charge in [0.1, 0.15) is 6.61 Å². The smallest absolute Gasteiger partial charge is 0.336 e. The number of carbonyl (C=O) groups is 3. The molecule has 0 saturated heterocycles. The molecule has 1 heterocycles. The van der Waals surface area contributed by atoms with E-state index in [-0.39, 0.29) is 25.4 Å². The second kappa shape index (κ2) is 6.88. The lowest BCUT2D eigenvalue weighted by Gasteiger charge is -2.22. The molecule has 0 atom stereocenters. The molecular formula is C14H19NO5. The van der Waals surface area contributed by atoms with E-state index in [1.807, 2.05) is 0 Å². The molecule has 1 rings (SSSR count). The number of allylic oxidation sites excluding steroid dienone is 2. The molecule has 110 valence electrons. The lowest BCUT2D eigenvalue weighted by molar-refractivity contribution is -0.143. The molecule has 20 heavy (non-hydrogen) atoms. The van der Waals surface area contributed by atoms with Crippen molar-refractivity contribution in [1.82, 2.24) is 5.32 Å². The summed E-state index contributed by atoms with van der Waals surface area (Å²) in [5, 5.41) is 2.96. The van der Waals surface area contributed by atoms with Crippen LogP contribution >= 0.6 is 0 Å². The summed E-state index contributed by atoms with van der Waals surface area (Å²) < 4.78 is 9.82. The Labute approximate surface area is 117 Å². The number of hydrogen-bond acceptors (Lipinski definition) is 6. The Morgan fingerprint density at radius 3 is 2.00 bits per heavy atom. The predicted molar refractivity (Wildman–Crippen MR) is 71.4 cm³/mol. The zero-order valence-electron chi connectivity index (χ0n) is 12.2. The molecule has 0 radical (unpaired) electrons. The van der Waals surface area contributed by atoms with Crippen molar-refractivity contribution >= 4 is 17.7 Å². The van der Waals surface area contributed by atoms with Gasteiger partial charge in [-0.3, -0.25) is 4.79 Å². The van der Waals surface area contributed by atoms with E-state index >= 15 is 0 Å². The van der Waals surface area contributed by atoms with E-state index < -0.39 is 11.9 Å². The molecule has 0 unspecified atom stereocenters. The van der Waals surface area contributed by atoms with Gasteiger partial charge in [-0.2, -0.15) is 0 Å². The maximum Gasteiger partial charge on any atom is 0.336 e. The van der Waals surface area contributed by atoms with Gasteiger partial charge in [0.15, 0.2) is 5.78 Å². The number of carbonyl (C=O) groups excluding carboxylic acids is 3. The molecular weight excluding hydrogens is 262 g/mol. The lowest BCUT2D eigenvalue weighted by atomic mass is 9.98. The highest BCUT2D eigenvalue weighted by atomic mass is 16.5. The minimum atomic E-state index is -0.598. The Balaban J connectivity index is 2.84. The Morgan fingerprint density at radius 1 is 1.05 bits per heavy atom. The van der Waals surface area contributed by atoms with E-state index in [0.717, 1.165) is 0 Å². The molecule has 0 aromatic rings. The van der Waals surface area contributed by atoms with Gasteiger partial charge in [0.05, 0.1) is 17.8 Å². The first-order valence-electron chi connectivity index (χ1n) is 6.37. The van der Waals surface area contributed by atoms with Gasteiger partial charge in [-0.15, -0.1) is 0 Å². The predicted octanol–water partition coefficient (Wildman–Crippen LogP) is 1.22. The SMILES string of the molecule is CCOC(=O)C1=C(C)NC(C)=C(C(=O)OCC(C)=O)C1. The number of nitrogens with one attached hydrogen (secondary N) is 1. The average Bonchev–Trinajstić information content (AvgIpc) is 2.36. The molecule has 6 heteroatoms. The third-order valence-electron chi connectivity index (χ3n) is 2.81. The van der Waals surface area contributed by atoms with Gasteiger partial charge >= 0.3 is 11.9 Å². The summed E-state index contributed by atoms with van der Waals surface area (Å²) in [7, 11) is 0. The van der Waals surface area contributed by atoms with E-state index in [9.17, 15) is 14.4 Å². The van der Waals surface area contributed by atoms with Crippen molar-refractivity contribution in [1.29, 1.82) is 0 Å². The molecule has 0 bridgehead atoms. The van der Waals surface area contributed by atoms with Crippen LogP contribution in [0, 0.1) is 0 Å². The molecule has 1 N–H and O–H groups in total. The third kappa shape index (κ3) is 3.94. The van der Waals surface area contributed by atoms with Crippen LogP contribution in [0.25, 0.3) is 0 Å². The van der Waals surface area contributed by atoms with Crippen molar-refractivity contribution in [2.45, 2.75) is 34.1 Å². The number of esters is 2. The van der Waals surface area contributed by atoms with Crippen molar-refractivity contribution in [3.05, 3.63) is 22.5 Å². The maximum absolute atomic E-state index is 11.9. The highest BCUT2D eigenvalue weighted by molar-refractivity contribution is 5.97. The van der Waals surface area contributed by atoms with Gasteiger partial charge in [0, 0.05) is 17.8 Å². The number of ketones is 1. The van der Waals surface area contributed by atoms with Gasteiger partial charge in [-0.1, -0.05) is 0 Å². The van der Waals surface area contributed by atoms with Gasteiger partial charge in [-0.05, 0) is 27.7 Å². The monoisotopic (exact) mass is 281 g/mol. The number of hydrogen-bond donors (Lipinski definition) is 1. The quantitative estimate of drug-likeness (QED) is 0.763. The molecule has 6 nitrogen and oxygen atoms in total. The summed E-state index contributed by atoms with van der Waals surface area (Å²) in [6.07, 6.45) is 0.139. The van der Waals surface area contributed by atoms with Crippen LogP contribution < -0.4 is 5.32 Å². The molecule has 0 amide bonds. The van der Waals surface area contributed by atoms with Crippen molar-refractivity contribution < 1.29 is 23.9 Å². The Bertz CT molecular complexity index is 502. The summed E-state index contributed by atoms with van der Waals surface area (Å²) in [5.74, 6) is -1.29. The van der Waals surface area contributed by atoms with Crippen molar-refractivity contribution in [3.63, 3.8) is 0 Å². The Kier molecular flexibility index (Phi) is 5.49. The highest BCUT2D eigenvalue weighted by Crippen LogP contribution is 2.24. The Morgan fingerprint density at radius 2 is 1.55 bits per heavy atom. The standard InChI is InChI=1S/C14H19NO5/c1-5-19-13(17)11-6-12(10(4)15-9(11)3)14(18)20-7-8(2)16/h15H,5-7H2,1-4H3. The fraction of sp³-hybridized carbons (Fsp3) is 0.500. The van der Waals surface area contributed by atoms with Gasteiger partial charge in [0.25, 0.3) is 0 Å². The van der Waals surface area contributed by atoms with Gasteiger partial charge in [0.2, 0.25) is 0 Å². The van der Waals surface area contributed by atoms with E-state index in [4.69, 9.17) is 9.47 Å². The van der Waals surface area contributed by atoms with E-state index in [1.165, 1.54) is 6.92 Å². The Hall–Kier alpha value is -2.11. The van der Waals surface area contributed by atoms with E-state index in [0.29, 0.717) is 22.5 Å². The number of ether oxygens (including phenoxy) is 2. The number of rotatable bonds is 5. The summed E-state index contributed by atoms with van der Waals surface area (Å²) in [5.41, 5.74) is 2.00. The topological polar surface area (TPSA) is 81.7 Å². The molecule has 0 aromatic heterocycles. The first-order chi connectivity index (χ1) is 9.36. The van der Waals surface area contributed by atoms with Gasteiger partial charge < -0.3 is 14.8 Å². The van der Waals surface area contributed by atoms with Crippen molar-refractivity contribution in [2.24, 2.45) is 0 Å². The molecule has 0 fully saturated rings. The minimum Gasteiger partial charge on any atom is -0.463 e. The minimum absolute atomic E-state index is 0.139. The maximum atomic E-state index is 11.9. The van der Waals surface area contributed by atoms with Crippen LogP contribution in [0.1, 0.15) is 34.1 Å². The molecule has 1 aliphatic rings. The first-order valence-corrected chi connectivity index (χ1v) is 6.37. The second-order valence-corrected chi connectivity index (χ2v) is 4.51.